The number of rotatable bonds is 6. The summed E-state index contributed by atoms with van der Waals surface area (Å²) in [5.41, 5.74) is 7.73. The van der Waals surface area contributed by atoms with Crippen LogP contribution in [0.1, 0.15) is 11.1 Å². The molecule has 5 heteroatoms. The van der Waals surface area contributed by atoms with Crippen molar-refractivity contribution in [3.8, 4) is 0 Å². The molecule has 0 aromatic heterocycles. The van der Waals surface area contributed by atoms with E-state index in [-0.39, 0.29) is 6.61 Å². The number of benzene rings is 1. The first kappa shape index (κ1) is 14.5. The summed E-state index contributed by atoms with van der Waals surface area (Å²) >= 11 is 5.94. The van der Waals surface area contributed by atoms with Gasteiger partial charge < -0.3 is 15.8 Å². The van der Waals surface area contributed by atoms with Gasteiger partial charge in [0.25, 0.3) is 0 Å². The highest BCUT2D eigenvalue weighted by Crippen LogP contribution is 2.20. The minimum Gasteiger partial charge on any atom is -0.382 e. The van der Waals surface area contributed by atoms with E-state index in [1.807, 2.05) is 13.0 Å². The zero-order valence-corrected chi connectivity index (χ0v) is 11.3. The third-order valence-electron chi connectivity index (χ3n) is 2.55. The summed E-state index contributed by atoms with van der Waals surface area (Å²) in [4.78, 5) is 11.2. The molecule has 4 nitrogen and oxygen atoms in total. The predicted molar refractivity (Wildman–Crippen MR) is 73.2 cm³/mol. The molecule has 98 valence electrons. The lowest BCUT2D eigenvalue weighted by Gasteiger charge is -2.19. The molecule has 1 rings (SSSR count). The van der Waals surface area contributed by atoms with Crippen molar-refractivity contribution < 1.29 is 9.53 Å². The van der Waals surface area contributed by atoms with Crippen molar-refractivity contribution in [3.05, 3.63) is 40.9 Å². The number of halogens is 1. The summed E-state index contributed by atoms with van der Waals surface area (Å²) in [7, 11) is 1.50. The number of amides is 1. The summed E-state index contributed by atoms with van der Waals surface area (Å²) in [6, 6.07) is 4.87. The van der Waals surface area contributed by atoms with Gasteiger partial charge in [-0.05, 0) is 24.6 Å². The lowest BCUT2D eigenvalue weighted by molar-refractivity contribution is -0.120. The fourth-order valence-corrected chi connectivity index (χ4v) is 1.74. The van der Waals surface area contributed by atoms with Gasteiger partial charge in [0.15, 0.2) is 0 Å². The highest BCUT2D eigenvalue weighted by atomic mass is 35.5. The summed E-state index contributed by atoms with van der Waals surface area (Å²) in [6.45, 7) is 6.03. The van der Waals surface area contributed by atoms with Crippen molar-refractivity contribution in [3.63, 3.8) is 0 Å². The van der Waals surface area contributed by atoms with Crippen LogP contribution in [-0.4, -0.2) is 25.7 Å². The number of methoxy groups -OCH3 is 1. The fraction of sp³-hybridized carbons (Fsp3) is 0.308. The highest BCUT2D eigenvalue weighted by Gasteiger charge is 2.16. The second kappa shape index (κ2) is 6.42. The highest BCUT2D eigenvalue weighted by molar-refractivity contribution is 6.30. The number of hydrogen-bond donors (Lipinski definition) is 2. The Labute approximate surface area is 112 Å². The van der Waals surface area contributed by atoms with E-state index < -0.39 is 11.9 Å². The van der Waals surface area contributed by atoms with Crippen LogP contribution in [0.4, 0.5) is 0 Å². The molecule has 0 aliphatic heterocycles. The quantitative estimate of drug-likeness (QED) is 0.826. The molecular formula is C13H17ClN2O2. The SMILES string of the molecule is C=C(NC(COC)C(N)=O)c1cc(Cl)ccc1C. The first-order valence-electron chi connectivity index (χ1n) is 5.46. The summed E-state index contributed by atoms with van der Waals surface area (Å²) in [5, 5.41) is 3.56. The van der Waals surface area contributed by atoms with Crippen molar-refractivity contribution in [2.45, 2.75) is 13.0 Å². The standard InChI is InChI=1S/C13H17ClN2O2/c1-8-4-5-10(14)6-11(8)9(2)16-12(7-18-3)13(15)17/h4-6,12,16H,2,7H2,1,3H3,(H2,15,17). The number of aryl methyl sites for hydroxylation is 1. The first-order chi connectivity index (χ1) is 8.45. The van der Waals surface area contributed by atoms with Gasteiger partial charge in [0.2, 0.25) is 5.91 Å². The Bertz CT molecular complexity index is 460. The normalized spacial score (nSPS) is 11.9. The number of hydrogen-bond acceptors (Lipinski definition) is 3. The van der Waals surface area contributed by atoms with Gasteiger partial charge in [-0.25, -0.2) is 0 Å². The molecule has 0 radical (unpaired) electrons. The van der Waals surface area contributed by atoms with Gasteiger partial charge in [-0.2, -0.15) is 0 Å². The minimum absolute atomic E-state index is 0.188. The Hall–Kier alpha value is -1.52. The molecule has 0 spiro atoms. The summed E-state index contributed by atoms with van der Waals surface area (Å²) < 4.78 is 4.93. The lowest BCUT2D eigenvalue weighted by atomic mass is 10.1. The van der Waals surface area contributed by atoms with Gasteiger partial charge in [-0.3, -0.25) is 4.79 Å². The molecule has 0 heterocycles. The Morgan fingerprint density at radius 2 is 2.28 bits per heavy atom. The minimum atomic E-state index is -0.610. The van der Waals surface area contributed by atoms with Gasteiger partial charge in [0, 0.05) is 23.4 Å². The van der Waals surface area contributed by atoms with Crippen LogP contribution >= 0.6 is 11.6 Å². The lowest BCUT2D eigenvalue weighted by Crippen LogP contribution is -2.43. The number of nitrogens with one attached hydrogen (secondary N) is 1. The molecule has 3 N–H and O–H groups in total. The average Bonchev–Trinajstić information content (AvgIpc) is 2.31. The summed E-state index contributed by atoms with van der Waals surface area (Å²) in [6.07, 6.45) is 0. The molecule has 1 aromatic carbocycles. The van der Waals surface area contributed by atoms with E-state index in [1.165, 1.54) is 7.11 Å². The van der Waals surface area contributed by atoms with Crippen molar-refractivity contribution in [1.82, 2.24) is 5.32 Å². The van der Waals surface area contributed by atoms with Gasteiger partial charge in [0.05, 0.1) is 6.61 Å². The molecule has 18 heavy (non-hydrogen) atoms. The molecule has 1 amide bonds. The van der Waals surface area contributed by atoms with E-state index in [1.54, 1.807) is 12.1 Å². The molecule has 1 unspecified atom stereocenters. The number of primary amides is 1. The Morgan fingerprint density at radius 3 is 2.83 bits per heavy atom. The third-order valence-corrected chi connectivity index (χ3v) is 2.79. The van der Waals surface area contributed by atoms with Crippen molar-refractivity contribution in [2.75, 3.05) is 13.7 Å². The molecule has 0 bridgehead atoms. The van der Waals surface area contributed by atoms with Crippen LogP contribution in [0, 0.1) is 6.92 Å². The maximum atomic E-state index is 11.2. The van der Waals surface area contributed by atoms with E-state index in [2.05, 4.69) is 11.9 Å². The van der Waals surface area contributed by atoms with Crippen LogP contribution < -0.4 is 11.1 Å². The second-order valence-electron chi connectivity index (χ2n) is 3.99. The Morgan fingerprint density at radius 1 is 1.61 bits per heavy atom. The van der Waals surface area contributed by atoms with Gasteiger partial charge in [0.1, 0.15) is 6.04 Å². The van der Waals surface area contributed by atoms with E-state index in [0.29, 0.717) is 10.7 Å². The number of carbonyl (C=O) groups excluding carboxylic acids is 1. The Kier molecular flexibility index (Phi) is 5.19. The maximum Gasteiger partial charge on any atom is 0.242 e. The monoisotopic (exact) mass is 268 g/mol. The van der Waals surface area contributed by atoms with Crippen molar-refractivity contribution in [2.24, 2.45) is 5.73 Å². The number of ether oxygens (including phenoxy) is 1. The number of carbonyl (C=O) groups is 1. The molecule has 0 aliphatic rings. The predicted octanol–water partition coefficient (Wildman–Crippen LogP) is 1.71. The van der Waals surface area contributed by atoms with E-state index >= 15 is 0 Å². The smallest absolute Gasteiger partial charge is 0.242 e. The molecule has 1 atom stereocenters. The van der Waals surface area contributed by atoms with Crippen LogP contribution in [0.25, 0.3) is 5.70 Å². The molecule has 0 fully saturated rings. The van der Waals surface area contributed by atoms with E-state index in [9.17, 15) is 4.79 Å². The summed E-state index contributed by atoms with van der Waals surface area (Å²) in [5.74, 6) is -0.488. The zero-order valence-electron chi connectivity index (χ0n) is 10.5. The number of nitrogens with two attached hydrogens (primary N) is 1. The largest absolute Gasteiger partial charge is 0.382 e. The fourth-order valence-electron chi connectivity index (χ4n) is 1.57. The molecular weight excluding hydrogens is 252 g/mol. The van der Waals surface area contributed by atoms with Gasteiger partial charge in [-0.1, -0.05) is 24.2 Å². The van der Waals surface area contributed by atoms with Crippen molar-refractivity contribution >= 4 is 23.2 Å². The van der Waals surface area contributed by atoms with Crippen LogP contribution in [0.5, 0.6) is 0 Å². The van der Waals surface area contributed by atoms with Crippen LogP contribution in [-0.2, 0) is 9.53 Å². The van der Waals surface area contributed by atoms with E-state index in [0.717, 1.165) is 11.1 Å². The zero-order chi connectivity index (χ0) is 13.7. The maximum absolute atomic E-state index is 11.2. The second-order valence-corrected chi connectivity index (χ2v) is 4.43. The van der Waals surface area contributed by atoms with Gasteiger partial charge in [-0.15, -0.1) is 0 Å². The molecule has 1 aromatic rings. The van der Waals surface area contributed by atoms with Crippen molar-refractivity contribution in [1.29, 1.82) is 0 Å². The molecule has 0 saturated heterocycles. The van der Waals surface area contributed by atoms with Crippen LogP contribution in [0.15, 0.2) is 24.8 Å². The third kappa shape index (κ3) is 3.75. The van der Waals surface area contributed by atoms with Gasteiger partial charge >= 0.3 is 0 Å². The van der Waals surface area contributed by atoms with Crippen LogP contribution in [0.2, 0.25) is 5.02 Å². The van der Waals surface area contributed by atoms with E-state index in [4.69, 9.17) is 22.1 Å². The first-order valence-corrected chi connectivity index (χ1v) is 5.83. The Balaban J connectivity index is 2.86. The molecule has 0 aliphatic carbocycles. The topological polar surface area (TPSA) is 64.3 Å². The average molecular weight is 269 g/mol. The molecule has 0 saturated carbocycles. The van der Waals surface area contributed by atoms with Crippen LogP contribution in [0.3, 0.4) is 0 Å².